The van der Waals surface area contributed by atoms with Crippen molar-refractivity contribution < 1.29 is 19.1 Å². The van der Waals surface area contributed by atoms with Gasteiger partial charge in [0.25, 0.3) is 5.91 Å². The SMILES string of the molecule is COCCNC(=O)CCNC(=O)c1cc(N)ccc1OC. The highest BCUT2D eigenvalue weighted by molar-refractivity contribution is 5.98. The summed E-state index contributed by atoms with van der Waals surface area (Å²) in [6.45, 7) is 1.14. The zero-order valence-corrected chi connectivity index (χ0v) is 12.3. The molecule has 0 aromatic heterocycles. The molecule has 1 rings (SSSR count). The molecule has 1 aromatic carbocycles. The highest BCUT2D eigenvalue weighted by atomic mass is 16.5. The Labute approximate surface area is 123 Å². The molecule has 0 atom stereocenters. The maximum absolute atomic E-state index is 12.0. The van der Waals surface area contributed by atoms with Crippen LogP contribution in [0.15, 0.2) is 18.2 Å². The molecule has 0 aliphatic heterocycles. The molecule has 2 amide bonds. The fraction of sp³-hybridized carbons (Fsp3) is 0.429. The number of methoxy groups -OCH3 is 2. The summed E-state index contributed by atoms with van der Waals surface area (Å²) in [6.07, 6.45) is 0.195. The highest BCUT2D eigenvalue weighted by Gasteiger charge is 2.12. The van der Waals surface area contributed by atoms with Crippen LogP contribution >= 0.6 is 0 Å². The van der Waals surface area contributed by atoms with E-state index in [0.717, 1.165) is 0 Å². The van der Waals surface area contributed by atoms with Gasteiger partial charge in [0.2, 0.25) is 5.91 Å². The lowest BCUT2D eigenvalue weighted by molar-refractivity contribution is -0.121. The average molecular weight is 295 g/mol. The largest absolute Gasteiger partial charge is 0.496 e. The Morgan fingerprint density at radius 2 is 1.95 bits per heavy atom. The number of ether oxygens (including phenoxy) is 2. The van der Waals surface area contributed by atoms with E-state index in [1.807, 2.05) is 0 Å². The van der Waals surface area contributed by atoms with Gasteiger partial charge in [-0.2, -0.15) is 0 Å². The molecule has 0 heterocycles. The number of carbonyl (C=O) groups is 2. The third-order valence-corrected chi connectivity index (χ3v) is 2.73. The predicted molar refractivity (Wildman–Crippen MR) is 79.2 cm³/mol. The first-order chi connectivity index (χ1) is 10.1. The number of hydrogen-bond acceptors (Lipinski definition) is 5. The molecule has 0 saturated carbocycles. The van der Waals surface area contributed by atoms with Crippen LogP contribution in [0.5, 0.6) is 5.75 Å². The minimum absolute atomic E-state index is 0.146. The standard InChI is InChI=1S/C14H21N3O4/c1-20-8-7-16-13(18)5-6-17-14(19)11-9-10(15)3-4-12(11)21-2/h3-4,9H,5-8,15H2,1-2H3,(H,16,18)(H,17,19). The van der Waals surface area contributed by atoms with Crippen molar-refractivity contribution in [2.24, 2.45) is 0 Å². The second-order valence-electron chi connectivity index (χ2n) is 4.31. The Kier molecular flexibility index (Phi) is 7.03. The molecule has 0 unspecified atom stereocenters. The molecule has 1 aromatic rings. The molecule has 0 fully saturated rings. The third kappa shape index (κ3) is 5.70. The quantitative estimate of drug-likeness (QED) is 0.468. The van der Waals surface area contributed by atoms with Crippen LogP contribution in [0.1, 0.15) is 16.8 Å². The molecule has 4 N–H and O–H groups in total. The van der Waals surface area contributed by atoms with Gasteiger partial charge >= 0.3 is 0 Å². The Hall–Kier alpha value is -2.28. The lowest BCUT2D eigenvalue weighted by Crippen LogP contribution is -2.32. The van der Waals surface area contributed by atoms with E-state index in [0.29, 0.717) is 30.2 Å². The van der Waals surface area contributed by atoms with Crippen molar-refractivity contribution in [2.45, 2.75) is 6.42 Å². The topological polar surface area (TPSA) is 103 Å². The van der Waals surface area contributed by atoms with E-state index in [4.69, 9.17) is 15.2 Å². The van der Waals surface area contributed by atoms with E-state index in [2.05, 4.69) is 10.6 Å². The third-order valence-electron chi connectivity index (χ3n) is 2.73. The number of carbonyl (C=O) groups excluding carboxylic acids is 2. The minimum Gasteiger partial charge on any atom is -0.496 e. The first-order valence-electron chi connectivity index (χ1n) is 6.55. The summed E-state index contributed by atoms with van der Waals surface area (Å²) >= 11 is 0. The highest BCUT2D eigenvalue weighted by Crippen LogP contribution is 2.20. The monoisotopic (exact) mass is 295 g/mol. The summed E-state index contributed by atoms with van der Waals surface area (Å²) in [6, 6.07) is 4.81. The lowest BCUT2D eigenvalue weighted by atomic mass is 10.1. The number of amides is 2. The predicted octanol–water partition coefficient (Wildman–Crippen LogP) is 0.160. The van der Waals surface area contributed by atoms with Crippen LogP contribution < -0.4 is 21.1 Å². The van der Waals surface area contributed by atoms with Crippen molar-refractivity contribution in [1.29, 1.82) is 0 Å². The van der Waals surface area contributed by atoms with Crippen LogP contribution in [0.2, 0.25) is 0 Å². The van der Waals surface area contributed by atoms with E-state index in [9.17, 15) is 9.59 Å². The molecule has 0 spiro atoms. The number of anilines is 1. The molecule has 0 aliphatic carbocycles. The molecule has 0 saturated heterocycles. The summed E-state index contributed by atoms with van der Waals surface area (Å²) < 4.78 is 9.92. The van der Waals surface area contributed by atoms with E-state index in [-0.39, 0.29) is 24.8 Å². The van der Waals surface area contributed by atoms with Gasteiger partial charge in [-0.15, -0.1) is 0 Å². The molecular formula is C14H21N3O4. The Bertz CT molecular complexity index is 491. The van der Waals surface area contributed by atoms with Crippen LogP contribution in [0.3, 0.4) is 0 Å². The summed E-state index contributed by atoms with van der Waals surface area (Å²) in [5, 5.41) is 5.32. The van der Waals surface area contributed by atoms with E-state index in [1.54, 1.807) is 19.2 Å². The molecule has 7 heteroatoms. The lowest BCUT2D eigenvalue weighted by Gasteiger charge is -2.10. The van der Waals surface area contributed by atoms with Gasteiger partial charge in [0, 0.05) is 32.3 Å². The van der Waals surface area contributed by atoms with Crippen molar-refractivity contribution >= 4 is 17.5 Å². The minimum atomic E-state index is -0.330. The van der Waals surface area contributed by atoms with E-state index < -0.39 is 0 Å². The number of nitrogens with one attached hydrogen (secondary N) is 2. The first-order valence-corrected chi connectivity index (χ1v) is 6.55. The Balaban J connectivity index is 2.44. The summed E-state index contributed by atoms with van der Waals surface area (Å²) in [4.78, 5) is 23.5. The number of benzene rings is 1. The van der Waals surface area contributed by atoms with Crippen molar-refractivity contribution in [1.82, 2.24) is 10.6 Å². The van der Waals surface area contributed by atoms with Crippen LogP contribution in [0.25, 0.3) is 0 Å². The maximum atomic E-state index is 12.0. The van der Waals surface area contributed by atoms with Gasteiger partial charge < -0.3 is 25.8 Å². The zero-order chi connectivity index (χ0) is 15.7. The van der Waals surface area contributed by atoms with Crippen molar-refractivity contribution in [3.05, 3.63) is 23.8 Å². The fourth-order valence-electron chi connectivity index (χ4n) is 1.67. The first kappa shape index (κ1) is 16.8. The molecule has 21 heavy (non-hydrogen) atoms. The fourth-order valence-corrected chi connectivity index (χ4v) is 1.67. The molecule has 0 aliphatic rings. The zero-order valence-electron chi connectivity index (χ0n) is 12.3. The second-order valence-corrected chi connectivity index (χ2v) is 4.31. The van der Waals surface area contributed by atoms with Crippen LogP contribution in [-0.4, -0.2) is 45.7 Å². The molecule has 0 bridgehead atoms. The number of nitrogen functional groups attached to an aromatic ring is 1. The second kappa shape index (κ2) is 8.80. The van der Waals surface area contributed by atoms with E-state index in [1.165, 1.54) is 13.2 Å². The van der Waals surface area contributed by atoms with Gasteiger partial charge in [-0.05, 0) is 18.2 Å². The van der Waals surface area contributed by atoms with Gasteiger partial charge in [-0.1, -0.05) is 0 Å². The van der Waals surface area contributed by atoms with Gasteiger partial charge in [-0.25, -0.2) is 0 Å². The molecule has 116 valence electrons. The average Bonchev–Trinajstić information content (AvgIpc) is 2.47. The smallest absolute Gasteiger partial charge is 0.255 e. The van der Waals surface area contributed by atoms with Gasteiger partial charge in [0.15, 0.2) is 0 Å². The van der Waals surface area contributed by atoms with Gasteiger partial charge in [0.1, 0.15) is 5.75 Å². The van der Waals surface area contributed by atoms with Crippen molar-refractivity contribution in [3.63, 3.8) is 0 Å². The summed E-state index contributed by atoms with van der Waals surface area (Å²) in [5.41, 5.74) is 6.47. The van der Waals surface area contributed by atoms with Crippen LogP contribution in [0, 0.1) is 0 Å². The molecular weight excluding hydrogens is 274 g/mol. The maximum Gasteiger partial charge on any atom is 0.255 e. The number of hydrogen-bond donors (Lipinski definition) is 3. The Morgan fingerprint density at radius 3 is 2.62 bits per heavy atom. The van der Waals surface area contributed by atoms with Gasteiger partial charge in [-0.3, -0.25) is 9.59 Å². The normalized spacial score (nSPS) is 10.0. The van der Waals surface area contributed by atoms with Gasteiger partial charge in [0.05, 0.1) is 19.3 Å². The summed E-state index contributed by atoms with van der Waals surface area (Å²) in [7, 11) is 3.04. The Morgan fingerprint density at radius 1 is 1.19 bits per heavy atom. The van der Waals surface area contributed by atoms with E-state index >= 15 is 0 Å². The number of nitrogens with two attached hydrogens (primary N) is 1. The van der Waals surface area contributed by atoms with Crippen molar-refractivity contribution in [3.8, 4) is 5.75 Å². The molecule has 7 nitrogen and oxygen atoms in total. The molecule has 0 radical (unpaired) electrons. The van der Waals surface area contributed by atoms with Crippen LogP contribution in [0.4, 0.5) is 5.69 Å². The van der Waals surface area contributed by atoms with Crippen molar-refractivity contribution in [2.75, 3.05) is 39.6 Å². The number of rotatable bonds is 8. The van der Waals surface area contributed by atoms with Crippen LogP contribution in [-0.2, 0) is 9.53 Å². The summed E-state index contributed by atoms with van der Waals surface area (Å²) in [5.74, 6) is -0.0398.